The van der Waals surface area contributed by atoms with E-state index in [1.54, 1.807) is 11.0 Å². The van der Waals surface area contributed by atoms with Gasteiger partial charge in [0.25, 0.3) is 11.6 Å². The van der Waals surface area contributed by atoms with Gasteiger partial charge in [-0.15, -0.1) is 0 Å². The molecule has 0 aliphatic carbocycles. The van der Waals surface area contributed by atoms with Crippen molar-refractivity contribution in [3.63, 3.8) is 0 Å². The highest BCUT2D eigenvalue weighted by Gasteiger charge is 2.27. The Bertz CT molecular complexity index is 623. The number of carbonyl (C=O) groups excluding carboxylic acids is 1. The highest BCUT2D eigenvalue weighted by atomic mass is 16.6. The molecular weight excluding hydrogens is 312 g/mol. The highest BCUT2D eigenvalue weighted by Crippen LogP contribution is 2.27. The summed E-state index contributed by atoms with van der Waals surface area (Å²) in [5.74, 6) is -0.150. The van der Waals surface area contributed by atoms with Gasteiger partial charge in [0, 0.05) is 25.2 Å². The summed E-state index contributed by atoms with van der Waals surface area (Å²) >= 11 is 0. The standard InChI is InChI=1S/C16H22N4O4/c1-17-4-6-18(7-5-17)15-3-2-13(20(22)23)12-14(15)16(21)19-8-10-24-11-9-19/h2-3,12H,4-11H2,1H3/p+1. The number of amides is 1. The molecule has 2 fully saturated rings. The van der Waals surface area contributed by atoms with Crippen molar-refractivity contribution in [2.75, 3.05) is 64.4 Å². The summed E-state index contributed by atoms with van der Waals surface area (Å²) < 4.78 is 5.29. The Morgan fingerprint density at radius 1 is 1.21 bits per heavy atom. The highest BCUT2D eigenvalue weighted by molar-refractivity contribution is 6.00. The third kappa shape index (κ3) is 3.49. The van der Waals surface area contributed by atoms with Gasteiger partial charge in [0.05, 0.1) is 62.6 Å². The van der Waals surface area contributed by atoms with E-state index in [1.807, 2.05) is 0 Å². The van der Waals surface area contributed by atoms with Gasteiger partial charge in [0.15, 0.2) is 0 Å². The minimum Gasteiger partial charge on any atom is -0.378 e. The number of likely N-dealkylation sites (N-methyl/N-ethyl adjacent to an activating group) is 1. The van der Waals surface area contributed by atoms with Crippen LogP contribution in [0.3, 0.4) is 0 Å². The molecule has 0 radical (unpaired) electrons. The molecule has 0 spiro atoms. The van der Waals surface area contributed by atoms with Crippen molar-refractivity contribution in [2.45, 2.75) is 0 Å². The lowest BCUT2D eigenvalue weighted by Gasteiger charge is -2.34. The van der Waals surface area contributed by atoms with Crippen LogP contribution in [0.25, 0.3) is 0 Å². The number of benzene rings is 1. The normalized spacial score (nSPS) is 19.4. The zero-order chi connectivity index (χ0) is 17.1. The van der Waals surface area contributed by atoms with Gasteiger partial charge in [-0.1, -0.05) is 0 Å². The molecule has 1 aromatic rings. The molecular formula is C16H23N4O4+. The van der Waals surface area contributed by atoms with Gasteiger partial charge in [0.1, 0.15) is 0 Å². The second-order valence-corrected chi connectivity index (χ2v) is 6.31. The van der Waals surface area contributed by atoms with Crippen molar-refractivity contribution in [3.8, 4) is 0 Å². The number of hydrogen-bond donors (Lipinski definition) is 1. The molecule has 2 saturated heterocycles. The summed E-state index contributed by atoms with van der Waals surface area (Å²) in [6, 6.07) is 4.61. The average Bonchev–Trinajstić information content (AvgIpc) is 2.62. The lowest BCUT2D eigenvalue weighted by Crippen LogP contribution is -3.12. The monoisotopic (exact) mass is 335 g/mol. The van der Waals surface area contributed by atoms with Gasteiger partial charge in [0.2, 0.25) is 0 Å². The Morgan fingerprint density at radius 2 is 1.88 bits per heavy atom. The Balaban J connectivity index is 1.92. The molecule has 1 N–H and O–H groups in total. The van der Waals surface area contributed by atoms with Gasteiger partial charge in [-0.05, 0) is 6.07 Å². The number of piperazine rings is 1. The number of hydrogen-bond acceptors (Lipinski definition) is 5. The van der Waals surface area contributed by atoms with Crippen molar-refractivity contribution in [3.05, 3.63) is 33.9 Å². The molecule has 3 rings (SSSR count). The number of nitrogens with zero attached hydrogens (tertiary/aromatic N) is 3. The average molecular weight is 335 g/mol. The van der Waals surface area contributed by atoms with Crippen molar-refractivity contribution in [1.82, 2.24) is 4.90 Å². The van der Waals surface area contributed by atoms with Gasteiger partial charge in [-0.25, -0.2) is 0 Å². The first kappa shape index (κ1) is 16.7. The predicted molar refractivity (Wildman–Crippen MR) is 88.7 cm³/mol. The third-order valence-electron chi connectivity index (χ3n) is 4.68. The molecule has 0 aromatic heterocycles. The SMILES string of the molecule is C[NH+]1CCN(c2ccc([N+](=O)[O-])cc2C(=O)N2CCOCC2)CC1. The van der Waals surface area contributed by atoms with E-state index in [-0.39, 0.29) is 11.6 Å². The van der Waals surface area contributed by atoms with Gasteiger partial charge in [-0.2, -0.15) is 0 Å². The van der Waals surface area contributed by atoms with Crippen LogP contribution in [-0.2, 0) is 4.74 Å². The van der Waals surface area contributed by atoms with E-state index in [0.717, 1.165) is 31.9 Å². The molecule has 130 valence electrons. The Hall–Kier alpha value is -2.19. The molecule has 8 nitrogen and oxygen atoms in total. The summed E-state index contributed by atoms with van der Waals surface area (Å²) in [4.78, 5) is 28.9. The topological polar surface area (TPSA) is 80.4 Å². The molecule has 2 aliphatic heterocycles. The van der Waals surface area contributed by atoms with Crippen molar-refractivity contribution in [2.24, 2.45) is 0 Å². The quantitative estimate of drug-likeness (QED) is 0.589. The Labute approximate surface area is 140 Å². The second kappa shape index (κ2) is 7.14. The van der Waals surface area contributed by atoms with Crippen molar-refractivity contribution < 1.29 is 19.4 Å². The van der Waals surface area contributed by atoms with Gasteiger partial charge >= 0.3 is 0 Å². The number of nitrogens with one attached hydrogen (secondary N) is 1. The molecule has 0 atom stereocenters. The van der Waals surface area contributed by atoms with Crippen LogP contribution in [0, 0.1) is 10.1 Å². The summed E-state index contributed by atoms with van der Waals surface area (Å²) in [7, 11) is 2.15. The minimum atomic E-state index is -0.450. The van der Waals surface area contributed by atoms with E-state index in [0.29, 0.717) is 31.9 Å². The number of carbonyl (C=O) groups is 1. The zero-order valence-corrected chi connectivity index (χ0v) is 13.9. The van der Waals surface area contributed by atoms with Crippen LogP contribution >= 0.6 is 0 Å². The van der Waals surface area contributed by atoms with E-state index in [2.05, 4.69) is 11.9 Å². The van der Waals surface area contributed by atoms with E-state index in [4.69, 9.17) is 4.74 Å². The van der Waals surface area contributed by atoms with Crippen LogP contribution in [0.4, 0.5) is 11.4 Å². The minimum absolute atomic E-state index is 0.0462. The van der Waals surface area contributed by atoms with Crippen LogP contribution < -0.4 is 9.80 Å². The number of quaternary nitrogens is 1. The second-order valence-electron chi connectivity index (χ2n) is 6.31. The number of non-ortho nitro benzene ring substituents is 1. The summed E-state index contributed by atoms with van der Waals surface area (Å²) in [6.07, 6.45) is 0. The fourth-order valence-corrected chi connectivity index (χ4v) is 3.15. The summed E-state index contributed by atoms with van der Waals surface area (Å²) in [6.45, 7) is 5.72. The fraction of sp³-hybridized carbons (Fsp3) is 0.562. The number of nitro benzene ring substituents is 1. The maximum atomic E-state index is 12.9. The molecule has 0 bridgehead atoms. The van der Waals surface area contributed by atoms with Crippen LogP contribution in [-0.4, -0.2) is 75.3 Å². The number of rotatable bonds is 3. The van der Waals surface area contributed by atoms with Gasteiger partial charge < -0.3 is 19.4 Å². The van der Waals surface area contributed by atoms with Crippen LogP contribution in [0.5, 0.6) is 0 Å². The first-order valence-corrected chi connectivity index (χ1v) is 8.28. The smallest absolute Gasteiger partial charge is 0.270 e. The maximum Gasteiger partial charge on any atom is 0.270 e. The van der Waals surface area contributed by atoms with Crippen LogP contribution in [0.15, 0.2) is 18.2 Å². The summed E-state index contributed by atoms with van der Waals surface area (Å²) in [5, 5.41) is 11.1. The molecule has 24 heavy (non-hydrogen) atoms. The molecule has 0 unspecified atom stereocenters. The van der Waals surface area contributed by atoms with Crippen molar-refractivity contribution in [1.29, 1.82) is 0 Å². The van der Waals surface area contributed by atoms with E-state index in [1.165, 1.54) is 17.0 Å². The molecule has 2 aliphatic rings. The first-order chi connectivity index (χ1) is 11.6. The van der Waals surface area contributed by atoms with Crippen LogP contribution in [0.1, 0.15) is 10.4 Å². The summed E-state index contributed by atoms with van der Waals surface area (Å²) in [5.41, 5.74) is 1.17. The van der Waals surface area contributed by atoms with E-state index >= 15 is 0 Å². The number of nitro groups is 1. The largest absolute Gasteiger partial charge is 0.378 e. The maximum absolute atomic E-state index is 12.9. The number of ether oxygens (including phenoxy) is 1. The Morgan fingerprint density at radius 3 is 2.50 bits per heavy atom. The molecule has 8 heteroatoms. The third-order valence-corrected chi connectivity index (χ3v) is 4.68. The molecule has 2 heterocycles. The van der Waals surface area contributed by atoms with Crippen LogP contribution in [0.2, 0.25) is 0 Å². The van der Waals surface area contributed by atoms with E-state index in [9.17, 15) is 14.9 Å². The Kier molecular flexibility index (Phi) is 4.96. The number of morpholine rings is 1. The lowest BCUT2D eigenvalue weighted by molar-refractivity contribution is -0.880. The number of anilines is 1. The molecule has 0 saturated carbocycles. The van der Waals surface area contributed by atoms with E-state index < -0.39 is 4.92 Å². The van der Waals surface area contributed by atoms with Crippen molar-refractivity contribution >= 4 is 17.3 Å². The molecule has 1 aromatic carbocycles. The lowest BCUT2D eigenvalue weighted by atomic mass is 10.1. The zero-order valence-electron chi connectivity index (χ0n) is 13.9. The predicted octanol–water partition coefficient (Wildman–Crippen LogP) is -0.598. The first-order valence-electron chi connectivity index (χ1n) is 8.28. The molecule has 1 amide bonds. The fourth-order valence-electron chi connectivity index (χ4n) is 3.15. The van der Waals surface area contributed by atoms with Gasteiger partial charge in [-0.3, -0.25) is 14.9 Å².